The zero-order valence-corrected chi connectivity index (χ0v) is 11.5. The van der Waals surface area contributed by atoms with Gasteiger partial charge in [0.1, 0.15) is 5.82 Å². The van der Waals surface area contributed by atoms with Crippen LogP contribution in [0.15, 0.2) is 18.2 Å². The zero-order valence-electron chi connectivity index (χ0n) is 11.5. The van der Waals surface area contributed by atoms with E-state index in [-0.39, 0.29) is 6.04 Å². The number of nitrogens with zero attached hydrogens (tertiary/aromatic N) is 1. The number of hydrogen-bond acceptors (Lipinski definition) is 2. The second kappa shape index (κ2) is 6.01. The molecule has 21 heavy (non-hydrogen) atoms. The van der Waals surface area contributed by atoms with Crippen LogP contribution in [0.25, 0.3) is 0 Å². The number of likely N-dealkylation sites (tertiary alicyclic amines) is 1. The molecule has 1 aliphatic heterocycles. The SMILES string of the molecule is CNC[C@H]1CCCN1C(=O)c1cccc(C(F)(F)F)c1F. The van der Waals surface area contributed by atoms with Crippen LogP contribution in [0, 0.1) is 5.82 Å². The molecule has 7 heteroatoms. The summed E-state index contributed by atoms with van der Waals surface area (Å²) in [7, 11) is 1.73. The minimum atomic E-state index is -4.81. The summed E-state index contributed by atoms with van der Waals surface area (Å²) in [4.78, 5) is 13.8. The molecule has 1 heterocycles. The third kappa shape index (κ3) is 3.18. The molecule has 1 amide bonds. The maximum Gasteiger partial charge on any atom is 0.419 e. The van der Waals surface area contributed by atoms with Gasteiger partial charge in [0.25, 0.3) is 5.91 Å². The summed E-state index contributed by atoms with van der Waals surface area (Å²) in [5.41, 5.74) is -1.93. The molecule has 1 N–H and O–H groups in total. The molecule has 116 valence electrons. The number of alkyl halides is 3. The van der Waals surface area contributed by atoms with Crippen molar-refractivity contribution in [2.75, 3.05) is 20.1 Å². The van der Waals surface area contributed by atoms with Gasteiger partial charge in [0.15, 0.2) is 0 Å². The van der Waals surface area contributed by atoms with Crippen LogP contribution < -0.4 is 5.32 Å². The third-order valence-electron chi connectivity index (χ3n) is 3.61. The highest BCUT2D eigenvalue weighted by Gasteiger charge is 2.37. The number of benzene rings is 1. The fourth-order valence-electron chi connectivity index (χ4n) is 2.62. The predicted molar refractivity (Wildman–Crippen MR) is 69.4 cm³/mol. The number of carbonyl (C=O) groups is 1. The third-order valence-corrected chi connectivity index (χ3v) is 3.61. The van der Waals surface area contributed by atoms with Gasteiger partial charge in [-0.15, -0.1) is 0 Å². The van der Waals surface area contributed by atoms with Crippen LogP contribution in [0.1, 0.15) is 28.8 Å². The van der Waals surface area contributed by atoms with E-state index in [9.17, 15) is 22.4 Å². The van der Waals surface area contributed by atoms with Crippen LogP contribution in [-0.2, 0) is 6.18 Å². The van der Waals surface area contributed by atoms with Gasteiger partial charge in [-0.1, -0.05) is 6.07 Å². The highest BCUT2D eigenvalue weighted by atomic mass is 19.4. The summed E-state index contributed by atoms with van der Waals surface area (Å²) in [6, 6.07) is 2.68. The van der Waals surface area contributed by atoms with Crippen molar-refractivity contribution in [1.29, 1.82) is 0 Å². The van der Waals surface area contributed by atoms with Gasteiger partial charge in [-0.2, -0.15) is 13.2 Å². The summed E-state index contributed by atoms with van der Waals surface area (Å²) >= 11 is 0. The molecular formula is C14H16F4N2O. The maximum atomic E-state index is 14.0. The molecule has 0 aliphatic carbocycles. The van der Waals surface area contributed by atoms with Crippen molar-refractivity contribution >= 4 is 5.91 Å². The lowest BCUT2D eigenvalue weighted by molar-refractivity contribution is -0.140. The Hall–Kier alpha value is -1.63. The molecule has 1 aromatic carbocycles. The van der Waals surface area contributed by atoms with Gasteiger partial charge in [-0.25, -0.2) is 4.39 Å². The first-order chi connectivity index (χ1) is 9.86. The Kier molecular flexibility index (Phi) is 4.51. The Morgan fingerprint density at radius 3 is 2.76 bits per heavy atom. The summed E-state index contributed by atoms with van der Waals surface area (Å²) < 4.78 is 52.1. The molecule has 1 aliphatic rings. The fraction of sp³-hybridized carbons (Fsp3) is 0.500. The Morgan fingerprint density at radius 2 is 2.14 bits per heavy atom. The monoisotopic (exact) mass is 304 g/mol. The number of halogens is 4. The van der Waals surface area contributed by atoms with Gasteiger partial charge < -0.3 is 10.2 Å². The molecule has 1 aromatic rings. The molecule has 0 bridgehead atoms. The fourth-order valence-corrected chi connectivity index (χ4v) is 2.62. The van der Waals surface area contributed by atoms with E-state index in [1.165, 1.54) is 4.90 Å². The Labute approximate surface area is 119 Å². The van der Waals surface area contributed by atoms with E-state index in [0.717, 1.165) is 25.0 Å². The van der Waals surface area contributed by atoms with Crippen molar-refractivity contribution in [1.82, 2.24) is 10.2 Å². The number of carbonyl (C=O) groups excluding carboxylic acids is 1. The molecule has 1 saturated heterocycles. The lowest BCUT2D eigenvalue weighted by Crippen LogP contribution is -2.41. The van der Waals surface area contributed by atoms with Gasteiger partial charge >= 0.3 is 6.18 Å². The largest absolute Gasteiger partial charge is 0.419 e. The smallest absolute Gasteiger partial charge is 0.334 e. The molecule has 0 unspecified atom stereocenters. The number of nitrogens with one attached hydrogen (secondary N) is 1. The van der Waals surface area contributed by atoms with E-state index in [1.807, 2.05) is 0 Å². The number of likely N-dealkylation sites (N-methyl/N-ethyl adjacent to an activating group) is 1. The predicted octanol–water partition coefficient (Wildman–Crippen LogP) is 2.67. The topological polar surface area (TPSA) is 32.3 Å². The van der Waals surface area contributed by atoms with E-state index < -0.39 is 29.0 Å². The number of hydrogen-bond donors (Lipinski definition) is 1. The van der Waals surface area contributed by atoms with Crippen LogP contribution in [-0.4, -0.2) is 37.0 Å². The molecule has 1 fully saturated rings. The molecule has 1 atom stereocenters. The van der Waals surface area contributed by atoms with Gasteiger partial charge in [0.05, 0.1) is 11.1 Å². The van der Waals surface area contributed by atoms with E-state index in [0.29, 0.717) is 19.2 Å². The first kappa shape index (κ1) is 15.8. The summed E-state index contributed by atoms with van der Waals surface area (Å²) in [5.74, 6) is -2.18. The molecular weight excluding hydrogens is 288 g/mol. The lowest BCUT2D eigenvalue weighted by Gasteiger charge is -2.25. The van der Waals surface area contributed by atoms with Crippen LogP contribution >= 0.6 is 0 Å². The minimum absolute atomic E-state index is 0.114. The van der Waals surface area contributed by atoms with E-state index >= 15 is 0 Å². The normalized spacial score (nSPS) is 19.1. The summed E-state index contributed by atoms with van der Waals surface area (Å²) in [6.07, 6.45) is -3.29. The standard InChI is InChI=1S/C14H16F4N2O/c1-19-8-9-4-3-7-20(9)13(21)10-5-2-6-11(12(10)15)14(16,17)18/h2,5-6,9,19H,3-4,7-8H2,1H3/t9-/m1/s1. The van der Waals surface area contributed by atoms with Crippen molar-refractivity contribution in [2.45, 2.75) is 25.1 Å². The van der Waals surface area contributed by atoms with Crippen molar-refractivity contribution in [3.63, 3.8) is 0 Å². The Morgan fingerprint density at radius 1 is 1.43 bits per heavy atom. The van der Waals surface area contributed by atoms with Crippen molar-refractivity contribution in [3.8, 4) is 0 Å². The summed E-state index contributed by atoms with van der Waals surface area (Å²) in [5, 5.41) is 2.93. The second-order valence-electron chi connectivity index (χ2n) is 5.02. The highest BCUT2D eigenvalue weighted by Crippen LogP contribution is 2.33. The van der Waals surface area contributed by atoms with Crippen LogP contribution in [0.4, 0.5) is 17.6 Å². The Balaban J connectivity index is 2.32. The van der Waals surface area contributed by atoms with Crippen molar-refractivity contribution in [2.24, 2.45) is 0 Å². The summed E-state index contributed by atoms with van der Waals surface area (Å²) in [6.45, 7) is 0.965. The molecule has 0 aromatic heterocycles. The van der Waals surface area contributed by atoms with Crippen molar-refractivity contribution in [3.05, 3.63) is 35.1 Å². The van der Waals surface area contributed by atoms with Crippen molar-refractivity contribution < 1.29 is 22.4 Å². The van der Waals surface area contributed by atoms with Crippen LogP contribution in [0.3, 0.4) is 0 Å². The van der Waals surface area contributed by atoms with E-state index in [1.54, 1.807) is 7.05 Å². The first-order valence-corrected chi connectivity index (χ1v) is 6.67. The highest BCUT2D eigenvalue weighted by molar-refractivity contribution is 5.95. The van der Waals surface area contributed by atoms with Gasteiger partial charge in [0.2, 0.25) is 0 Å². The van der Waals surface area contributed by atoms with E-state index in [4.69, 9.17) is 0 Å². The van der Waals surface area contributed by atoms with Gasteiger partial charge in [-0.05, 0) is 32.0 Å². The average Bonchev–Trinajstić information content (AvgIpc) is 2.85. The Bertz CT molecular complexity index is 530. The van der Waals surface area contributed by atoms with E-state index in [2.05, 4.69) is 5.32 Å². The van der Waals surface area contributed by atoms with Crippen LogP contribution in [0.5, 0.6) is 0 Å². The van der Waals surface area contributed by atoms with Gasteiger partial charge in [0, 0.05) is 19.1 Å². The number of amides is 1. The average molecular weight is 304 g/mol. The molecule has 0 saturated carbocycles. The molecule has 2 rings (SSSR count). The molecule has 3 nitrogen and oxygen atoms in total. The van der Waals surface area contributed by atoms with Gasteiger partial charge in [-0.3, -0.25) is 4.79 Å². The quantitative estimate of drug-likeness (QED) is 0.871. The maximum absolute atomic E-state index is 14.0. The van der Waals surface area contributed by atoms with Crippen LogP contribution in [0.2, 0.25) is 0 Å². The minimum Gasteiger partial charge on any atom is -0.334 e. The molecule has 0 spiro atoms. The zero-order chi connectivity index (χ0) is 15.6. The number of rotatable bonds is 3. The lowest BCUT2D eigenvalue weighted by atomic mass is 10.1. The first-order valence-electron chi connectivity index (χ1n) is 6.67. The molecule has 0 radical (unpaired) electrons. The second-order valence-corrected chi connectivity index (χ2v) is 5.02.